The summed E-state index contributed by atoms with van der Waals surface area (Å²) < 4.78 is 16.7. The largest absolute Gasteiger partial charge is 0.493 e. The predicted molar refractivity (Wildman–Crippen MR) is 164 cm³/mol. The first-order valence-electron chi connectivity index (χ1n) is 14.4. The molecular weight excluding hydrogens is 554 g/mol. The van der Waals surface area contributed by atoms with Gasteiger partial charge in [-0.15, -0.1) is 0 Å². The highest BCUT2D eigenvalue weighted by Gasteiger charge is 2.28. The van der Waals surface area contributed by atoms with Crippen molar-refractivity contribution in [2.24, 2.45) is 33.8 Å². The fourth-order valence-corrected chi connectivity index (χ4v) is 5.01. The maximum atomic E-state index is 13.7. The first-order valence-corrected chi connectivity index (χ1v) is 14.4. The van der Waals surface area contributed by atoms with Gasteiger partial charge in [-0.05, 0) is 55.5 Å². The molecule has 234 valence electrons. The lowest BCUT2D eigenvalue weighted by atomic mass is 9.84. The summed E-state index contributed by atoms with van der Waals surface area (Å²) in [6.45, 7) is 0.347. The summed E-state index contributed by atoms with van der Waals surface area (Å²) in [6, 6.07) is 7.71. The summed E-state index contributed by atoms with van der Waals surface area (Å²) in [7, 11) is 3.02. The number of hydrogen-bond acceptors (Lipinski definition) is 8. The third-order valence-corrected chi connectivity index (χ3v) is 7.34. The van der Waals surface area contributed by atoms with Crippen molar-refractivity contribution in [3.8, 4) is 23.0 Å². The van der Waals surface area contributed by atoms with Crippen molar-refractivity contribution in [2.75, 3.05) is 26.1 Å². The zero-order chi connectivity index (χ0) is 31.4. The number of carbonyl (C=O) groups is 3. The molecule has 1 saturated carbocycles. The lowest BCUT2D eigenvalue weighted by Crippen LogP contribution is -2.50. The summed E-state index contributed by atoms with van der Waals surface area (Å²) in [4.78, 5) is 42.6. The van der Waals surface area contributed by atoms with Crippen molar-refractivity contribution in [2.45, 2.75) is 63.5 Å². The standard InChI is InChI=1S/C30H43N7O6/c1-41-24-13-11-20(17-26(24)42-2)43-25-16-19(27(32)38)10-12-22(25)36-29(40)23(15-18-7-4-3-5-8-18)37-28(39)21(31)9-6-14-35-30(33)34/h10-13,16-18,21,23H,3-9,14-15,31H2,1-2H3,(H2,32,38)(H,36,40)(H,37,39)(H4,33,34,35)/t21-,23-/m0/s1. The fraction of sp³-hybridized carbons (Fsp3) is 0.467. The van der Waals surface area contributed by atoms with Crippen LogP contribution in [0.25, 0.3) is 0 Å². The zero-order valence-electron chi connectivity index (χ0n) is 24.8. The molecule has 0 saturated heterocycles. The number of carbonyl (C=O) groups excluding carboxylic acids is 3. The Morgan fingerprint density at radius 3 is 2.30 bits per heavy atom. The molecule has 3 rings (SSSR count). The Morgan fingerprint density at radius 2 is 1.65 bits per heavy atom. The fourth-order valence-electron chi connectivity index (χ4n) is 5.01. The number of aliphatic imine (C=N–C) groups is 1. The minimum atomic E-state index is -0.843. The highest BCUT2D eigenvalue weighted by molar-refractivity contribution is 6.00. The minimum Gasteiger partial charge on any atom is -0.493 e. The number of ether oxygens (including phenoxy) is 3. The van der Waals surface area contributed by atoms with Crippen molar-refractivity contribution in [1.82, 2.24) is 5.32 Å². The molecule has 10 N–H and O–H groups in total. The highest BCUT2D eigenvalue weighted by Crippen LogP contribution is 2.36. The summed E-state index contributed by atoms with van der Waals surface area (Å²) in [5, 5.41) is 5.73. The van der Waals surface area contributed by atoms with Crippen molar-refractivity contribution < 1.29 is 28.6 Å². The van der Waals surface area contributed by atoms with Gasteiger partial charge in [0.1, 0.15) is 11.8 Å². The van der Waals surface area contributed by atoms with E-state index >= 15 is 0 Å². The van der Waals surface area contributed by atoms with E-state index in [0.717, 1.165) is 32.1 Å². The number of methoxy groups -OCH3 is 2. The number of primary amides is 1. The predicted octanol–water partition coefficient (Wildman–Crippen LogP) is 2.37. The van der Waals surface area contributed by atoms with Crippen molar-refractivity contribution in [1.29, 1.82) is 0 Å². The van der Waals surface area contributed by atoms with Gasteiger partial charge >= 0.3 is 0 Å². The first kappa shape index (κ1) is 33.0. The molecule has 0 aromatic heterocycles. The molecule has 2 aromatic carbocycles. The number of hydrogen-bond donors (Lipinski definition) is 6. The van der Waals surface area contributed by atoms with Crippen LogP contribution in [-0.4, -0.2) is 56.5 Å². The van der Waals surface area contributed by atoms with E-state index in [-0.39, 0.29) is 28.9 Å². The molecule has 0 spiro atoms. The number of nitrogens with one attached hydrogen (secondary N) is 2. The average Bonchev–Trinajstić information content (AvgIpc) is 2.99. The van der Waals surface area contributed by atoms with Gasteiger partial charge < -0.3 is 47.8 Å². The monoisotopic (exact) mass is 597 g/mol. The molecule has 0 radical (unpaired) electrons. The Hall–Kier alpha value is -4.52. The summed E-state index contributed by atoms with van der Waals surface area (Å²) >= 11 is 0. The van der Waals surface area contributed by atoms with Gasteiger partial charge in [0.25, 0.3) is 0 Å². The summed E-state index contributed by atoms with van der Waals surface area (Å²) in [6.07, 6.45) is 6.58. The number of nitrogens with zero attached hydrogens (tertiary/aromatic N) is 1. The Labute approximate surface area is 251 Å². The van der Waals surface area contributed by atoms with Crippen LogP contribution in [0.3, 0.4) is 0 Å². The Balaban J connectivity index is 1.82. The molecule has 1 aliphatic carbocycles. The molecular formula is C30H43N7O6. The van der Waals surface area contributed by atoms with Crippen LogP contribution in [0.15, 0.2) is 41.4 Å². The quantitative estimate of drug-likeness (QED) is 0.101. The molecule has 1 aliphatic rings. The number of benzene rings is 2. The van der Waals surface area contributed by atoms with Crippen LogP contribution in [0.1, 0.15) is 61.7 Å². The van der Waals surface area contributed by atoms with Crippen LogP contribution in [0.4, 0.5) is 5.69 Å². The van der Waals surface area contributed by atoms with E-state index in [1.165, 1.54) is 32.4 Å². The summed E-state index contributed by atoms with van der Waals surface area (Å²) in [5.41, 5.74) is 22.8. The maximum Gasteiger partial charge on any atom is 0.248 e. The van der Waals surface area contributed by atoms with Crippen molar-refractivity contribution in [3.63, 3.8) is 0 Å². The Kier molecular flexibility index (Phi) is 12.4. The average molecular weight is 598 g/mol. The van der Waals surface area contributed by atoms with Crippen molar-refractivity contribution >= 4 is 29.4 Å². The molecule has 43 heavy (non-hydrogen) atoms. The van der Waals surface area contributed by atoms with Crippen LogP contribution >= 0.6 is 0 Å². The molecule has 2 atom stereocenters. The number of nitrogens with two attached hydrogens (primary N) is 4. The maximum absolute atomic E-state index is 13.7. The van der Waals surface area contributed by atoms with Crippen LogP contribution < -0.4 is 47.8 Å². The van der Waals surface area contributed by atoms with Gasteiger partial charge in [0.2, 0.25) is 17.7 Å². The molecule has 0 unspecified atom stereocenters. The van der Waals surface area contributed by atoms with E-state index in [0.29, 0.717) is 43.1 Å². The Bertz CT molecular complexity index is 1290. The lowest BCUT2D eigenvalue weighted by molar-refractivity contribution is -0.127. The van der Waals surface area contributed by atoms with E-state index in [1.54, 1.807) is 18.2 Å². The number of amides is 3. The zero-order valence-corrected chi connectivity index (χ0v) is 24.8. The topological polar surface area (TPSA) is 219 Å². The third-order valence-electron chi connectivity index (χ3n) is 7.34. The van der Waals surface area contributed by atoms with Gasteiger partial charge in [-0.2, -0.15) is 0 Å². The first-order chi connectivity index (χ1) is 20.6. The van der Waals surface area contributed by atoms with Crippen LogP contribution in [-0.2, 0) is 9.59 Å². The van der Waals surface area contributed by atoms with E-state index in [1.807, 2.05) is 0 Å². The van der Waals surface area contributed by atoms with Gasteiger partial charge in [-0.3, -0.25) is 19.4 Å². The summed E-state index contributed by atoms with van der Waals surface area (Å²) in [5.74, 6) is 0.202. The minimum absolute atomic E-state index is 0.0272. The van der Waals surface area contributed by atoms with Crippen molar-refractivity contribution in [3.05, 3.63) is 42.0 Å². The third kappa shape index (κ3) is 10.1. The van der Waals surface area contributed by atoms with Crippen LogP contribution in [0.2, 0.25) is 0 Å². The van der Waals surface area contributed by atoms with E-state index in [2.05, 4.69) is 15.6 Å². The molecule has 1 fully saturated rings. The number of anilines is 1. The second-order valence-corrected chi connectivity index (χ2v) is 10.5. The van der Waals surface area contributed by atoms with Gasteiger partial charge in [-0.25, -0.2) is 0 Å². The van der Waals surface area contributed by atoms with Crippen LogP contribution in [0.5, 0.6) is 23.0 Å². The van der Waals surface area contributed by atoms with E-state index in [4.69, 9.17) is 37.1 Å². The molecule has 2 aromatic rings. The van der Waals surface area contributed by atoms with E-state index in [9.17, 15) is 14.4 Å². The molecule has 3 amide bonds. The number of guanidine groups is 1. The SMILES string of the molecule is COc1ccc(Oc2cc(C(N)=O)ccc2NC(=O)[C@H](CC2CCCCC2)NC(=O)[C@@H](N)CCCN=C(N)N)cc1OC. The van der Waals surface area contributed by atoms with Gasteiger partial charge in [-0.1, -0.05) is 32.1 Å². The molecule has 0 aliphatic heterocycles. The smallest absolute Gasteiger partial charge is 0.248 e. The lowest BCUT2D eigenvalue weighted by Gasteiger charge is -2.27. The normalized spacial score (nSPS) is 14.6. The number of rotatable bonds is 15. The second-order valence-electron chi connectivity index (χ2n) is 10.5. The second kappa shape index (κ2) is 16.2. The van der Waals surface area contributed by atoms with E-state index < -0.39 is 29.8 Å². The molecule has 0 heterocycles. The van der Waals surface area contributed by atoms with Gasteiger partial charge in [0.15, 0.2) is 23.2 Å². The van der Waals surface area contributed by atoms with Gasteiger partial charge in [0.05, 0.1) is 25.9 Å². The highest BCUT2D eigenvalue weighted by atomic mass is 16.5. The Morgan fingerprint density at radius 1 is 0.930 bits per heavy atom. The molecule has 0 bridgehead atoms. The molecule has 13 heteroatoms. The van der Waals surface area contributed by atoms with Gasteiger partial charge in [0, 0.05) is 18.2 Å². The van der Waals surface area contributed by atoms with Crippen LogP contribution in [0, 0.1) is 5.92 Å². The molecule has 13 nitrogen and oxygen atoms in total.